The molecule has 0 N–H and O–H groups in total. The number of hydrogen-bond donors (Lipinski definition) is 0. The van der Waals surface area contributed by atoms with E-state index in [1.807, 2.05) is 36.4 Å². The highest BCUT2D eigenvalue weighted by molar-refractivity contribution is 6.00. The second kappa shape index (κ2) is 11.0. The van der Waals surface area contributed by atoms with Gasteiger partial charge in [-0.3, -0.25) is 14.5 Å². The van der Waals surface area contributed by atoms with E-state index in [2.05, 4.69) is 41.0 Å². The summed E-state index contributed by atoms with van der Waals surface area (Å²) in [4.78, 5) is 31.4. The number of hydrogen-bond acceptors (Lipinski definition) is 8. The number of ether oxygens (including phenoxy) is 2. The van der Waals surface area contributed by atoms with E-state index in [0.717, 1.165) is 23.1 Å². The van der Waals surface area contributed by atoms with Crippen molar-refractivity contribution in [2.45, 2.75) is 39.7 Å². The molecule has 1 saturated heterocycles. The monoisotopic (exact) mass is 491 g/mol. The molecule has 1 fully saturated rings. The summed E-state index contributed by atoms with van der Waals surface area (Å²) in [5, 5.41) is 4.16. The van der Waals surface area contributed by atoms with Crippen molar-refractivity contribution >= 4 is 11.9 Å². The lowest BCUT2D eigenvalue weighted by Gasteiger charge is -2.37. The minimum atomic E-state index is -1.21. The third-order valence-corrected chi connectivity index (χ3v) is 6.75. The molecule has 2 heterocycles. The minimum absolute atomic E-state index is 0.370. The van der Waals surface area contributed by atoms with Crippen LogP contribution in [-0.2, 0) is 32.0 Å². The first kappa shape index (κ1) is 25.6. The molecule has 0 saturated carbocycles. The highest BCUT2D eigenvalue weighted by Crippen LogP contribution is 2.35. The first-order chi connectivity index (χ1) is 17.3. The maximum absolute atomic E-state index is 12.3. The molecule has 4 rings (SSSR count). The molecule has 0 radical (unpaired) electrons. The lowest BCUT2D eigenvalue weighted by Crippen LogP contribution is -2.49. The van der Waals surface area contributed by atoms with Gasteiger partial charge in [0.15, 0.2) is 5.41 Å². The van der Waals surface area contributed by atoms with Crippen LogP contribution in [0.15, 0.2) is 53.1 Å². The number of rotatable bonds is 8. The SMILES string of the molecule is COC(=O)C1(C(=O)OC)CCN(Cc2ccc(-c3noc(-c4ccc(CC(C)C)cc4)n3)cc2)CC1. The third kappa shape index (κ3) is 5.49. The zero-order chi connectivity index (χ0) is 25.7. The predicted molar refractivity (Wildman–Crippen MR) is 135 cm³/mol. The third-order valence-electron chi connectivity index (χ3n) is 6.75. The normalized spacial score (nSPS) is 15.6. The summed E-state index contributed by atoms with van der Waals surface area (Å²) in [6.45, 7) is 6.30. The van der Waals surface area contributed by atoms with Gasteiger partial charge in [-0.25, -0.2) is 0 Å². The Hall–Kier alpha value is -3.52. The Kier molecular flexibility index (Phi) is 7.84. The van der Waals surface area contributed by atoms with E-state index in [4.69, 9.17) is 14.0 Å². The first-order valence-electron chi connectivity index (χ1n) is 12.3. The lowest BCUT2D eigenvalue weighted by atomic mass is 9.78. The van der Waals surface area contributed by atoms with Gasteiger partial charge < -0.3 is 14.0 Å². The number of benzene rings is 2. The molecular weight excluding hydrogens is 458 g/mol. The number of nitrogens with zero attached hydrogens (tertiary/aromatic N) is 3. The highest BCUT2D eigenvalue weighted by Gasteiger charge is 2.50. The Labute approximate surface area is 211 Å². The van der Waals surface area contributed by atoms with Crippen molar-refractivity contribution in [2.24, 2.45) is 11.3 Å². The summed E-state index contributed by atoms with van der Waals surface area (Å²) < 4.78 is 15.3. The van der Waals surface area contributed by atoms with Gasteiger partial charge in [0, 0.05) is 30.8 Å². The number of piperidine rings is 1. The van der Waals surface area contributed by atoms with Gasteiger partial charge in [0.25, 0.3) is 5.89 Å². The fraction of sp³-hybridized carbons (Fsp3) is 0.429. The summed E-state index contributed by atoms with van der Waals surface area (Å²) in [6, 6.07) is 16.3. The molecule has 0 aliphatic carbocycles. The van der Waals surface area contributed by atoms with E-state index in [-0.39, 0.29) is 0 Å². The van der Waals surface area contributed by atoms with Gasteiger partial charge in [-0.2, -0.15) is 4.98 Å². The minimum Gasteiger partial charge on any atom is -0.468 e. The van der Waals surface area contributed by atoms with Gasteiger partial charge in [0.05, 0.1) is 14.2 Å². The summed E-state index contributed by atoms with van der Waals surface area (Å²) in [5.41, 5.74) is 2.97. The maximum atomic E-state index is 12.3. The molecule has 0 bridgehead atoms. The number of carbonyl (C=O) groups excluding carboxylic acids is 2. The van der Waals surface area contributed by atoms with Crippen LogP contribution >= 0.6 is 0 Å². The van der Waals surface area contributed by atoms with Crippen LogP contribution < -0.4 is 0 Å². The van der Waals surface area contributed by atoms with Crippen LogP contribution in [0.25, 0.3) is 22.8 Å². The van der Waals surface area contributed by atoms with Crippen LogP contribution in [0.2, 0.25) is 0 Å². The number of esters is 2. The molecule has 0 amide bonds. The van der Waals surface area contributed by atoms with Gasteiger partial charge in [0.1, 0.15) is 0 Å². The van der Waals surface area contributed by atoms with Crippen LogP contribution in [0.3, 0.4) is 0 Å². The van der Waals surface area contributed by atoms with Crippen molar-refractivity contribution in [3.05, 3.63) is 59.7 Å². The smallest absolute Gasteiger partial charge is 0.323 e. The van der Waals surface area contributed by atoms with E-state index < -0.39 is 17.4 Å². The molecule has 1 aliphatic heterocycles. The van der Waals surface area contributed by atoms with Gasteiger partial charge in [-0.15, -0.1) is 0 Å². The van der Waals surface area contributed by atoms with Crippen molar-refractivity contribution < 1.29 is 23.6 Å². The van der Waals surface area contributed by atoms with E-state index in [0.29, 0.717) is 50.1 Å². The first-order valence-corrected chi connectivity index (χ1v) is 12.3. The number of carbonyl (C=O) groups is 2. The summed E-state index contributed by atoms with van der Waals surface area (Å²) in [7, 11) is 2.61. The summed E-state index contributed by atoms with van der Waals surface area (Å²) in [5.74, 6) is 0.602. The van der Waals surface area contributed by atoms with Crippen LogP contribution in [0.1, 0.15) is 37.8 Å². The Morgan fingerprint density at radius 1 is 0.917 bits per heavy atom. The van der Waals surface area contributed by atoms with E-state index >= 15 is 0 Å². The largest absolute Gasteiger partial charge is 0.468 e. The van der Waals surface area contributed by atoms with Gasteiger partial charge in [-0.1, -0.05) is 55.4 Å². The Morgan fingerprint density at radius 3 is 2.03 bits per heavy atom. The standard InChI is InChI=1S/C28H33N3O5/c1-19(2)17-20-5-11-23(12-6-20)25-29-24(30-36-25)22-9-7-21(8-10-22)18-31-15-13-28(14-16-31,26(32)34-3)27(33)35-4/h5-12,19H,13-18H2,1-4H3. The lowest BCUT2D eigenvalue weighted by molar-refractivity contribution is -0.173. The van der Waals surface area contributed by atoms with Crippen LogP contribution in [0.4, 0.5) is 0 Å². The molecule has 1 aromatic heterocycles. The molecular formula is C28H33N3O5. The van der Waals surface area contributed by atoms with Crippen molar-refractivity contribution in [1.82, 2.24) is 15.0 Å². The predicted octanol–water partition coefficient (Wildman–Crippen LogP) is 4.53. The maximum Gasteiger partial charge on any atom is 0.323 e. The molecule has 1 aliphatic rings. The molecule has 0 unspecified atom stereocenters. The second-order valence-corrected chi connectivity index (χ2v) is 9.76. The number of likely N-dealkylation sites (tertiary alicyclic amines) is 1. The average Bonchev–Trinajstić information content (AvgIpc) is 3.39. The summed E-state index contributed by atoms with van der Waals surface area (Å²) >= 11 is 0. The highest BCUT2D eigenvalue weighted by atomic mass is 16.5. The van der Waals surface area contributed by atoms with Crippen LogP contribution in [0, 0.1) is 11.3 Å². The second-order valence-electron chi connectivity index (χ2n) is 9.76. The van der Waals surface area contributed by atoms with E-state index in [1.165, 1.54) is 19.8 Å². The molecule has 190 valence electrons. The van der Waals surface area contributed by atoms with Gasteiger partial charge in [0.2, 0.25) is 5.82 Å². The van der Waals surface area contributed by atoms with Crippen molar-refractivity contribution in [3.8, 4) is 22.8 Å². The van der Waals surface area contributed by atoms with Crippen molar-refractivity contribution in [1.29, 1.82) is 0 Å². The topological polar surface area (TPSA) is 94.8 Å². The molecule has 8 nitrogen and oxygen atoms in total. The zero-order valence-corrected chi connectivity index (χ0v) is 21.3. The van der Waals surface area contributed by atoms with E-state index in [9.17, 15) is 9.59 Å². The molecule has 2 aromatic carbocycles. The van der Waals surface area contributed by atoms with Crippen molar-refractivity contribution in [2.75, 3.05) is 27.3 Å². The molecule has 36 heavy (non-hydrogen) atoms. The fourth-order valence-corrected chi connectivity index (χ4v) is 4.71. The number of methoxy groups -OCH3 is 2. The Bertz CT molecular complexity index is 1160. The Morgan fingerprint density at radius 2 is 1.47 bits per heavy atom. The van der Waals surface area contributed by atoms with Crippen LogP contribution in [0.5, 0.6) is 0 Å². The average molecular weight is 492 g/mol. The van der Waals surface area contributed by atoms with E-state index in [1.54, 1.807) is 0 Å². The zero-order valence-electron chi connectivity index (χ0n) is 21.3. The summed E-state index contributed by atoms with van der Waals surface area (Å²) in [6.07, 6.45) is 1.78. The number of aromatic nitrogens is 2. The van der Waals surface area contributed by atoms with Gasteiger partial charge in [-0.05, 0) is 48.4 Å². The quantitative estimate of drug-likeness (QED) is 0.335. The molecule has 0 spiro atoms. The van der Waals surface area contributed by atoms with Crippen molar-refractivity contribution in [3.63, 3.8) is 0 Å². The molecule has 8 heteroatoms. The Balaban J connectivity index is 1.37. The molecule has 0 atom stereocenters. The van der Waals surface area contributed by atoms with Gasteiger partial charge >= 0.3 is 11.9 Å². The fourth-order valence-electron chi connectivity index (χ4n) is 4.71. The molecule has 3 aromatic rings. The van der Waals surface area contributed by atoms with Crippen LogP contribution in [-0.4, -0.2) is 54.3 Å².